The maximum Gasteiger partial charge on any atom is 0.175 e. The third kappa shape index (κ3) is 2.58. The van der Waals surface area contributed by atoms with E-state index in [0.29, 0.717) is 6.04 Å². The second kappa shape index (κ2) is 5.70. The number of hydrogen-bond acceptors (Lipinski definition) is 5. The van der Waals surface area contributed by atoms with E-state index in [1.165, 1.54) is 0 Å². The third-order valence-corrected chi connectivity index (χ3v) is 3.78. The average Bonchev–Trinajstić information content (AvgIpc) is 2.91. The number of aromatic nitrogens is 2. The fraction of sp³-hybridized carbons (Fsp3) is 0.692. The summed E-state index contributed by atoms with van der Waals surface area (Å²) in [5.41, 5.74) is 7.36. The molecule has 1 fully saturated rings. The summed E-state index contributed by atoms with van der Waals surface area (Å²) in [7, 11) is 6.06. The zero-order valence-corrected chi connectivity index (χ0v) is 12.7. The lowest BCUT2D eigenvalue weighted by molar-refractivity contribution is 0.318. The quantitative estimate of drug-likeness (QED) is 0.360. The van der Waals surface area contributed by atoms with Crippen molar-refractivity contribution in [3.05, 3.63) is 11.3 Å². The number of aryl methyl sites for hydroxylation is 2. The van der Waals surface area contributed by atoms with Crippen LogP contribution in [0.3, 0.4) is 0 Å². The molecular weight excluding hydrogens is 256 g/mol. The van der Waals surface area contributed by atoms with Crippen molar-refractivity contribution >= 4 is 11.7 Å². The number of nitrogens with two attached hydrogens (primary N) is 1. The standard InChI is InChI=1S/C13H24N6O/c1-9-11(12(14)16-20)13(18(4)15-9)19-7-5-6-10(19)8-17(2)3/h10,20H,5-8H2,1-4H3,(H2,14,16). The average molecular weight is 280 g/mol. The molecule has 0 aromatic carbocycles. The van der Waals surface area contributed by atoms with Gasteiger partial charge < -0.3 is 20.7 Å². The van der Waals surface area contributed by atoms with Crippen molar-refractivity contribution in [2.24, 2.45) is 17.9 Å². The van der Waals surface area contributed by atoms with Gasteiger partial charge in [0.2, 0.25) is 0 Å². The molecule has 1 aliphatic rings. The molecule has 0 saturated carbocycles. The molecule has 112 valence electrons. The second-order valence-electron chi connectivity index (χ2n) is 5.64. The van der Waals surface area contributed by atoms with Gasteiger partial charge in [-0.15, -0.1) is 0 Å². The van der Waals surface area contributed by atoms with Gasteiger partial charge >= 0.3 is 0 Å². The summed E-state index contributed by atoms with van der Waals surface area (Å²) in [6.45, 7) is 3.84. The number of nitrogens with zero attached hydrogens (tertiary/aromatic N) is 5. The summed E-state index contributed by atoms with van der Waals surface area (Å²) < 4.78 is 1.83. The van der Waals surface area contributed by atoms with Crippen LogP contribution < -0.4 is 10.6 Å². The van der Waals surface area contributed by atoms with E-state index < -0.39 is 0 Å². The van der Waals surface area contributed by atoms with Crippen molar-refractivity contribution in [2.45, 2.75) is 25.8 Å². The molecule has 1 aromatic rings. The molecule has 0 spiro atoms. The number of likely N-dealkylation sites (N-methyl/N-ethyl adjacent to an activating group) is 1. The Morgan fingerprint density at radius 1 is 1.55 bits per heavy atom. The summed E-state index contributed by atoms with van der Waals surface area (Å²) >= 11 is 0. The highest BCUT2D eigenvalue weighted by atomic mass is 16.4. The van der Waals surface area contributed by atoms with Crippen LogP contribution in [0, 0.1) is 6.92 Å². The van der Waals surface area contributed by atoms with E-state index >= 15 is 0 Å². The highest BCUT2D eigenvalue weighted by Crippen LogP contribution is 2.30. The van der Waals surface area contributed by atoms with Crippen LogP contribution in [-0.4, -0.2) is 58.9 Å². The predicted octanol–water partition coefficient (Wildman–Crippen LogP) is 0.353. The molecule has 3 N–H and O–H groups in total. The molecule has 1 aliphatic heterocycles. The van der Waals surface area contributed by atoms with E-state index in [2.05, 4.69) is 34.1 Å². The highest BCUT2D eigenvalue weighted by Gasteiger charge is 2.31. The van der Waals surface area contributed by atoms with Crippen molar-refractivity contribution in [1.82, 2.24) is 14.7 Å². The van der Waals surface area contributed by atoms with Crippen molar-refractivity contribution in [2.75, 3.05) is 32.1 Å². The zero-order valence-electron chi connectivity index (χ0n) is 12.7. The van der Waals surface area contributed by atoms with Gasteiger partial charge in [0.1, 0.15) is 5.82 Å². The summed E-state index contributed by atoms with van der Waals surface area (Å²) in [4.78, 5) is 4.52. The number of rotatable bonds is 4. The van der Waals surface area contributed by atoms with Gasteiger partial charge in [0, 0.05) is 26.2 Å². The largest absolute Gasteiger partial charge is 0.409 e. The fourth-order valence-electron chi connectivity index (χ4n) is 3.05. The normalized spacial score (nSPS) is 20.1. The van der Waals surface area contributed by atoms with E-state index in [-0.39, 0.29) is 5.84 Å². The topological polar surface area (TPSA) is 82.9 Å². The maximum absolute atomic E-state index is 9.00. The molecule has 0 radical (unpaired) electrons. The highest BCUT2D eigenvalue weighted by molar-refractivity contribution is 6.02. The Balaban J connectivity index is 2.41. The molecule has 2 rings (SSSR count). The van der Waals surface area contributed by atoms with Crippen LogP contribution in [0.1, 0.15) is 24.1 Å². The predicted molar refractivity (Wildman–Crippen MR) is 79.4 cm³/mol. The second-order valence-corrected chi connectivity index (χ2v) is 5.64. The Hall–Kier alpha value is -1.76. The van der Waals surface area contributed by atoms with Gasteiger partial charge in [-0.05, 0) is 33.9 Å². The fourth-order valence-corrected chi connectivity index (χ4v) is 3.05. The molecule has 1 aromatic heterocycles. The van der Waals surface area contributed by atoms with Crippen molar-refractivity contribution in [1.29, 1.82) is 0 Å². The van der Waals surface area contributed by atoms with Crippen LogP contribution in [0.5, 0.6) is 0 Å². The van der Waals surface area contributed by atoms with Crippen molar-refractivity contribution < 1.29 is 5.21 Å². The van der Waals surface area contributed by atoms with Crippen LogP contribution in [0.25, 0.3) is 0 Å². The molecule has 7 nitrogen and oxygen atoms in total. The molecule has 7 heteroatoms. The van der Waals surface area contributed by atoms with Gasteiger partial charge in [-0.2, -0.15) is 5.10 Å². The van der Waals surface area contributed by atoms with Crippen LogP contribution in [0.15, 0.2) is 5.16 Å². The molecule has 1 unspecified atom stereocenters. The molecule has 1 saturated heterocycles. The van der Waals surface area contributed by atoms with E-state index in [1.807, 2.05) is 18.7 Å². The minimum Gasteiger partial charge on any atom is -0.409 e. The van der Waals surface area contributed by atoms with Crippen LogP contribution in [0.4, 0.5) is 5.82 Å². The van der Waals surface area contributed by atoms with Gasteiger partial charge in [-0.1, -0.05) is 5.16 Å². The van der Waals surface area contributed by atoms with Crippen LogP contribution in [0.2, 0.25) is 0 Å². The Labute approximate surface area is 119 Å². The molecule has 0 amide bonds. The smallest absolute Gasteiger partial charge is 0.175 e. The van der Waals surface area contributed by atoms with Gasteiger partial charge in [0.15, 0.2) is 5.84 Å². The Morgan fingerprint density at radius 3 is 2.85 bits per heavy atom. The molecule has 1 atom stereocenters. The number of amidine groups is 1. The van der Waals surface area contributed by atoms with Crippen molar-refractivity contribution in [3.63, 3.8) is 0 Å². The monoisotopic (exact) mass is 280 g/mol. The number of anilines is 1. The molecule has 0 aliphatic carbocycles. The molecule has 20 heavy (non-hydrogen) atoms. The number of oxime groups is 1. The van der Waals surface area contributed by atoms with E-state index in [4.69, 9.17) is 10.9 Å². The van der Waals surface area contributed by atoms with Gasteiger partial charge in [0.05, 0.1) is 11.3 Å². The summed E-state index contributed by atoms with van der Waals surface area (Å²) in [5, 5.41) is 16.6. The Kier molecular flexibility index (Phi) is 4.17. The summed E-state index contributed by atoms with van der Waals surface area (Å²) in [5.74, 6) is 1.07. The first-order valence-electron chi connectivity index (χ1n) is 6.88. The van der Waals surface area contributed by atoms with E-state index in [1.54, 1.807) is 0 Å². The maximum atomic E-state index is 9.00. The third-order valence-electron chi connectivity index (χ3n) is 3.78. The Morgan fingerprint density at radius 2 is 2.25 bits per heavy atom. The molecule has 2 heterocycles. The van der Waals surface area contributed by atoms with Gasteiger partial charge in [0.25, 0.3) is 0 Å². The number of hydrogen-bond donors (Lipinski definition) is 2. The first-order valence-corrected chi connectivity index (χ1v) is 6.88. The first-order chi connectivity index (χ1) is 9.45. The first kappa shape index (κ1) is 14.6. The minimum absolute atomic E-state index is 0.126. The van der Waals surface area contributed by atoms with Crippen molar-refractivity contribution in [3.8, 4) is 0 Å². The molecular formula is C13H24N6O. The lowest BCUT2D eigenvalue weighted by Crippen LogP contribution is -2.39. The SMILES string of the molecule is Cc1nn(C)c(N2CCCC2CN(C)C)c1C(N)=NO. The summed E-state index contributed by atoms with van der Waals surface area (Å²) in [6, 6.07) is 0.435. The van der Waals surface area contributed by atoms with Gasteiger partial charge in [-0.3, -0.25) is 4.68 Å². The minimum atomic E-state index is 0.126. The summed E-state index contributed by atoms with van der Waals surface area (Å²) in [6.07, 6.45) is 2.30. The lowest BCUT2D eigenvalue weighted by Gasteiger charge is -2.29. The van der Waals surface area contributed by atoms with E-state index in [0.717, 1.165) is 43.0 Å². The van der Waals surface area contributed by atoms with E-state index in [9.17, 15) is 0 Å². The van der Waals surface area contributed by atoms with Crippen LogP contribution in [-0.2, 0) is 7.05 Å². The van der Waals surface area contributed by atoms with Crippen LogP contribution >= 0.6 is 0 Å². The Bertz CT molecular complexity index is 507. The van der Waals surface area contributed by atoms with Gasteiger partial charge in [-0.25, -0.2) is 0 Å². The molecule has 0 bridgehead atoms. The lowest BCUT2D eigenvalue weighted by atomic mass is 10.1. The zero-order chi connectivity index (χ0) is 14.9.